The fourth-order valence-electron chi connectivity index (χ4n) is 1.42. The Hall–Kier alpha value is -0.470. The molecule has 6 nitrogen and oxygen atoms in total. The summed E-state index contributed by atoms with van der Waals surface area (Å²) in [7, 11) is -3.09. The van der Waals surface area contributed by atoms with E-state index in [0.717, 1.165) is 30.9 Å². The second-order valence-corrected chi connectivity index (χ2v) is 6.92. The van der Waals surface area contributed by atoms with Crippen LogP contribution >= 0.6 is 11.8 Å². The summed E-state index contributed by atoms with van der Waals surface area (Å²) in [5.74, 6) is 2.75. The van der Waals surface area contributed by atoms with Gasteiger partial charge >= 0.3 is 0 Å². The third kappa shape index (κ3) is 6.75. The van der Waals surface area contributed by atoms with Gasteiger partial charge in [-0.1, -0.05) is 0 Å². The second kappa shape index (κ2) is 7.07. The fourth-order valence-corrected chi connectivity index (χ4v) is 2.84. The molecular weight excluding hydrogens is 260 g/mol. The molecule has 0 spiro atoms. The van der Waals surface area contributed by atoms with E-state index in [-0.39, 0.29) is 0 Å². The fraction of sp³-hybridized carbons (Fsp3) is 0.889. The molecule has 0 radical (unpaired) electrons. The number of aliphatic imine (C=N–C) groups is 1. The Morgan fingerprint density at radius 1 is 1.47 bits per heavy atom. The number of guanidine groups is 1. The first-order valence-electron chi connectivity index (χ1n) is 5.56. The molecule has 100 valence electrons. The predicted molar refractivity (Wildman–Crippen MR) is 72.9 cm³/mol. The predicted octanol–water partition coefficient (Wildman–Crippen LogP) is -0.711. The van der Waals surface area contributed by atoms with Gasteiger partial charge in [0.15, 0.2) is 5.96 Å². The summed E-state index contributed by atoms with van der Waals surface area (Å²) in [6, 6.07) is 0. The van der Waals surface area contributed by atoms with Crippen LogP contribution in [0, 0.1) is 0 Å². The van der Waals surface area contributed by atoms with Crippen molar-refractivity contribution in [2.75, 3.05) is 43.9 Å². The first-order chi connectivity index (χ1) is 7.99. The van der Waals surface area contributed by atoms with Crippen LogP contribution in [-0.4, -0.2) is 63.2 Å². The van der Waals surface area contributed by atoms with Crippen LogP contribution in [0.4, 0.5) is 0 Å². The standard InChI is InChI=1S/C9H20N4O2S2/c1-17(14,15)12-4-2-3-11-9(10)13-5-7-16-8-6-13/h12H,2-8H2,1H3,(H2,10,11). The average Bonchev–Trinajstić information content (AvgIpc) is 2.28. The number of nitrogens with zero attached hydrogens (tertiary/aromatic N) is 2. The topological polar surface area (TPSA) is 87.8 Å². The molecular formula is C9H20N4O2S2. The van der Waals surface area contributed by atoms with E-state index >= 15 is 0 Å². The first-order valence-corrected chi connectivity index (χ1v) is 8.61. The Labute approximate surface area is 107 Å². The Morgan fingerprint density at radius 2 is 2.12 bits per heavy atom. The van der Waals surface area contributed by atoms with Gasteiger partial charge in [0.2, 0.25) is 10.0 Å². The Morgan fingerprint density at radius 3 is 2.71 bits per heavy atom. The molecule has 0 aromatic heterocycles. The summed E-state index contributed by atoms with van der Waals surface area (Å²) in [5, 5.41) is 0. The maximum Gasteiger partial charge on any atom is 0.208 e. The summed E-state index contributed by atoms with van der Waals surface area (Å²) in [6.07, 6.45) is 1.81. The summed E-state index contributed by atoms with van der Waals surface area (Å²) >= 11 is 1.92. The van der Waals surface area contributed by atoms with Crippen LogP contribution in [0.5, 0.6) is 0 Å². The Bertz CT molecular complexity index is 350. The number of rotatable bonds is 5. The second-order valence-electron chi connectivity index (χ2n) is 3.86. The average molecular weight is 280 g/mol. The summed E-state index contributed by atoms with van der Waals surface area (Å²) < 4.78 is 24.0. The highest BCUT2D eigenvalue weighted by Crippen LogP contribution is 2.08. The van der Waals surface area contributed by atoms with Crippen molar-refractivity contribution in [2.24, 2.45) is 10.7 Å². The normalized spacial score (nSPS) is 18.4. The number of nitrogens with one attached hydrogen (secondary N) is 1. The zero-order chi connectivity index (χ0) is 12.7. The molecule has 0 unspecified atom stereocenters. The van der Waals surface area contributed by atoms with Gasteiger partial charge in [0.1, 0.15) is 0 Å². The van der Waals surface area contributed by atoms with Gasteiger partial charge < -0.3 is 10.6 Å². The maximum absolute atomic E-state index is 10.8. The molecule has 3 N–H and O–H groups in total. The number of hydrogen-bond acceptors (Lipinski definition) is 4. The minimum Gasteiger partial charge on any atom is -0.370 e. The van der Waals surface area contributed by atoms with Crippen molar-refractivity contribution in [3.05, 3.63) is 0 Å². The van der Waals surface area contributed by atoms with Crippen LogP contribution in [0.15, 0.2) is 4.99 Å². The van der Waals surface area contributed by atoms with E-state index in [1.807, 2.05) is 11.8 Å². The van der Waals surface area contributed by atoms with Crippen molar-refractivity contribution < 1.29 is 8.42 Å². The first kappa shape index (κ1) is 14.6. The van der Waals surface area contributed by atoms with E-state index < -0.39 is 10.0 Å². The van der Waals surface area contributed by atoms with Gasteiger partial charge in [0.05, 0.1) is 6.26 Å². The third-order valence-corrected chi connectivity index (χ3v) is 3.98. The lowest BCUT2D eigenvalue weighted by Gasteiger charge is -2.27. The zero-order valence-electron chi connectivity index (χ0n) is 10.1. The molecule has 0 bridgehead atoms. The van der Waals surface area contributed by atoms with E-state index in [0.29, 0.717) is 25.5 Å². The Balaban J connectivity index is 2.19. The van der Waals surface area contributed by atoms with Gasteiger partial charge in [0.25, 0.3) is 0 Å². The summed E-state index contributed by atoms with van der Waals surface area (Å²) in [6.45, 7) is 2.85. The van der Waals surface area contributed by atoms with Gasteiger partial charge in [-0.15, -0.1) is 0 Å². The highest BCUT2D eigenvalue weighted by Gasteiger charge is 2.11. The van der Waals surface area contributed by atoms with Crippen molar-refractivity contribution in [2.45, 2.75) is 6.42 Å². The van der Waals surface area contributed by atoms with Crippen molar-refractivity contribution >= 4 is 27.7 Å². The summed E-state index contributed by atoms with van der Waals surface area (Å²) in [5.41, 5.74) is 5.84. The molecule has 1 heterocycles. The van der Waals surface area contributed by atoms with Crippen molar-refractivity contribution in [3.8, 4) is 0 Å². The lowest BCUT2D eigenvalue weighted by molar-refractivity contribution is 0.455. The highest BCUT2D eigenvalue weighted by molar-refractivity contribution is 7.99. The molecule has 0 aromatic carbocycles. The SMILES string of the molecule is CS(=O)(=O)NCCCN=C(N)N1CCSCC1. The lowest BCUT2D eigenvalue weighted by atomic mass is 10.4. The Kier molecular flexibility index (Phi) is 6.07. The van der Waals surface area contributed by atoms with Crippen LogP contribution in [0.1, 0.15) is 6.42 Å². The molecule has 1 rings (SSSR count). The monoisotopic (exact) mass is 280 g/mol. The molecule has 17 heavy (non-hydrogen) atoms. The van der Waals surface area contributed by atoms with Crippen molar-refractivity contribution in [1.29, 1.82) is 0 Å². The zero-order valence-corrected chi connectivity index (χ0v) is 11.7. The molecule has 0 saturated carbocycles. The van der Waals surface area contributed by atoms with E-state index in [2.05, 4.69) is 14.6 Å². The molecule has 1 fully saturated rings. The van der Waals surface area contributed by atoms with E-state index in [4.69, 9.17) is 5.73 Å². The van der Waals surface area contributed by atoms with Gasteiger partial charge in [0, 0.05) is 37.7 Å². The minimum atomic E-state index is -3.09. The molecule has 0 aromatic rings. The number of nitrogens with two attached hydrogens (primary N) is 1. The van der Waals surface area contributed by atoms with Gasteiger partial charge in [-0.2, -0.15) is 11.8 Å². The molecule has 0 atom stereocenters. The lowest BCUT2D eigenvalue weighted by Crippen LogP contribution is -2.42. The maximum atomic E-state index is 10.8. The number of sulfonamides is 1. The molecule has 1 aliphatic heterocycles. The highest BCUT2D eigenvalue weighted by atomic mass is 32.2. The molecule has 8 heteroatoms. The van der Waals surface area contributed by atoms with Crippen LogP contribution in [0.2, 0.25) is 0 Å². The number of hydrogen-bond donors (Lipinski definition) is 2. The van der Waals surface area contributed by atoms with Gasteiger partial charge in [-0.3, -0.25) is 4.99 Å². The quantitative estimate of drug-likeness (QED) is 0.394. The molecule has 1 aliphatic rings. The molecule has 0 amide bonds. The minimum absolute atomic E-state index is 0.408. The third-order valence-electron chi connectivity index (χ3n) is 2.31. The van der Waals surface area contributed by atoms with Crippen LogP contribution in [0.3, 0.4) is 0 Å². The van der Waals surface area contributed by atoms with Crippen LogP contribution < -0.4 is 10.5 Å². The van der Waals surface area contributed by atoms with Crippen LogP contribution in [0.25, 0.3) is 0 Å². The van der Waals surface area contributed by atoms with Crippen molar-refractivity contribution in [1.82, 2.24) is 9.62 Å². The van der Waals surface area contributed by atoms with Gasteiger partial charge in [-0.25, -0.2) is 13.1 Å². The van der Waals surface area contributed by atoms with Crippen molar-refractivity contribution in [3.63, 3.8) is 0 Å². The van der Waals surface area contributed by atoms with E-state index in [1.54, 1.807) is 0 Å². The summed E-state index contributed by atoms with van der Waals surface area (Å²) in [4.78, 5) is 6.31. The van der Waals surface area contributed by atoms with E-state index in [1.165, 1.54) is 0 Å². The number of thioether (sulfide) groups is 1. The van der Waals surface area contributed by atoms with Gasteiger partial charge in [-0.05, 0) is 6.42 Å². The van der Waals surface area contributed by atoms with Crippen LogP contribution in [-0.2, 0) is 10.0 Å². The van der Waals surface area contributed by atoms with E-state index in [9.17, 15) is 8.42 Å². The molecule has 0 aliphatic carbocycles. The largest absolute Gasteiger partial charge is 0.370 e. The molecule has 1 saturated heterocycles. The smallest absolute Gasteiger partial charge is 0.208 e.